The first-order chi connectivity index (χ1) is 29.9. The highest BCUT2D eigenvalue weighted by molar-refractivity contribution is 6.28. The Hall–Kier alpha value is -5.96. The number of para-hydroxylation sites is 1. The van der Waals surface area contributed by atoms with Crippen molar-refractivity contribution in [3.8, 4) is 5.95 Å². The third kappa shape index (κ3) is 7.54. The SMILES string of the molecule is CN(C)C1(c2ccccc2)CCC2(CC1)CN(c1cnc(-n3ncc4ccccc43)nc1)C(=O)N2.CN(C)C1(c2ccccc2)CCC2(CC1)CN(c1cnc(Cl)nc1)C(=O)N2. The van der Waals surface area contributed by atoms with E-state index in [9.17, 15) is 9.59 Å². The van der Waals surface area contributed by atoms with E-state index in [0.717, 1.165) is 62.3 Å². The van der Waals surface area contributed by atoms with Crippen molar-refractivity contribution in [2.75, 3.05) is 51.1 Å². The Kier molecular flexibility index (Phi) is 10.9. The molecule has 4 fully saturated rings. The van der Waals surface area contributed by atoms with E-state index in [4.69, 9.17) is 11.6 Å². The summed E-state index contributed by atoms with van der Waals surface area (Å²) in [5.41, 5.74) is 4.58. The Labute approximate surface area is 367 Å². The van der Waals surface area contributed by atoms with Gasteiger partial charge in [0.25, 0.3) is 5.95 Å². The van der Waals surface area contributed by atoms with Gasteiger partial charge >= 0.3 is 12.1 Å². The normalized spacial score (nSPS) is 26.0. The van der Waals surface area contributed by atoms with E-state index in [0.29, 0.717) is 30.4 Å². The summed E-state index contributed by atoms with van der Waals surface area (Å²) in [5, 5.41) is 12.2. The maximum Gasteiger partial charge on any atom is 0.322 e. The summed E-state index contributed by atoms with van der Waals surface area (Å²) in [6.45, 7) is 1.26. The lowest BCUT2D eigenvalue weighted by Gasteiger charge is -2.48. The van der Waals surface area contributed by atoms with E-state index in [1.165, 1.54) is 11.1 Å². The van der Waals surface area contributed by atoms with Gasteiger partial charge in [-0.2, -0.15) is 9.78 Å². The molecule has 2 spiro atoms. The maximum absolute atomic E-state index is 13.0. The maximum atomic E-state index is 13.0. The molecule has 320 valence electrons. The van der Waals surface area contributed by atoms with Crippen LogP contribution in [0.4, 0.5) is 21.0 Å². The first kappa shape index (κ1) is 41.4. The molecule has 62 heavy (non-hydrogen) atoms. The van der Waals surface area contributed by atoms with Crippen molar-refractivity contribution in [3.63, 3.8) is 0 Å². The summed E-state index contributed by atoms with van der Waals surface area (Å²) in [6, 6.07) is 29.2. The van der Waals surface area contributed by atoms with Crippen molar-refractivity contribution in [2.24, 2.45) is 0 Å². The highest BCUT2D eigenvalue weighted by Gasteiger charge is 2.52. The molecule has 2 aliphatic carbocycles. The second-order valence-corrected chi connectivity index (χ2v) is 18.1. The van der Waals surface area contributed by atoms with E-state index in [1.54, 1.807) is 45.5 Å². The minimum atomic E-state index is -0.234. The van der Waals surface area contributed by atoms with Gasteiger partial charge in [0.2, 0.25) is 5.28 Å². The van der Waals surface area contributed by atoms with Crippen LogP contribution in [0.15, 0.2) is 116 Å². The van der Waals surface area contributed by atoms with E-state index in [2.05, 4.69) is 134 Å². The van der Waals surface area contributed by atoms with Gasteiger partial charge in [0.1, 0.15) is 0 Å². The summed E-state index contributed by atoms with van der Waals surface area (Å²) < 4.78 is 1.72. The zero-order valence-corrected chi connectivity index (χ0v) is 36.5. The number of anilines is 2. The smallest absolute Gasteiger partial charge is 0.322 e. The predicted molar refractivity (Wildman–Crippen MR) is 241 cm³/mol. The molecule has 2 aliphatic heterocycles. The molecule has 3 aromatic heterocycles. The Morgan fingerprint density at radius 2 is 0.968 bits per heavy atom. The van der Waals surface area contributed by atoms with Crippen molar-refractivity contribution < 1.29 is 9.59 Å². The molecule has 6 aromatic rings. The zero-order chi connectivity index (χ0) is 43.1. The fraction of sp³-hybridized carbons (Fsp3) is 0.383. The van der Waals surface area contributed by atoms with Crippen molar-refractivity contribution in [3.05, 3.63) is 132 Å². The molecule has 2 saturated carbocycles. The van der Waals surface area contributed by atoms with E-state index in [1.807, 2.05) is 24.3 Å². The van der Waals surface area contributed by atoms with Crippen LogP contribution in [-0.2, 0) is 11.1 Å². The summed E-state index contributed by atoms with van der Waals surface area (Å²) in [5.74, 6) is 0.487. The molecule has 4 amide bonds. The number of aromatic nitrogens is 6. The zero-order valence-electron chi connectivity index (χ0n) is 35.7. The minimum absolute atomic E-state index is 0.00798. The van der Waals surface area contributed by atoms with Gasteiger partial charge in [0.05, 0.1) is 72.0 Å². The molecule has 3 aromatic carbocycles. The van der Waals surface area contributed by atoms with E-state index < -0.39 is 0 Å². The number of halogens is 1. The number of rotatable bonds is 7. The summed E-state index contributed by atoms with van der Waals surface area (Å²) in [6.07, 6.45) is 16.1. The lowest BCUT2D eigenvalue weighted by Crippen LogP contribution is -2.54. The summed E-state index contributed by atoms with van der Waals surface area (Å²) in [7, 11) is 8.61. The Morgan fingerprint density at radius 1 is 0.548 bits per heavy atom. The average molecular weight is 853 g/mol. The first-order valence-corrected chi connectivity index (χ1v) is 21.7. The number of nitrogens with zero attached hydrogens (tertiary/aromatic N) is 10. The lowest BCUT2D eigenvalue weighted by molar-refractivity contribution is 0.0657. The van der Waals surface area contributed by atoms with Crippen LogP contribution in [0.25, 0.3) is 16.9 Å². The van der Waals surface area contributed by atoms with E-state index >= 15 is 0 Å². The minimum Gasteiger partial charge on any atom is -0.330 e. The van der Waals surface area contributed by atoms with Gasteiger partial charge in [-0.05, 0) is 108 Å². The van der Waals surface area contributed by atoms with Crippen molar-refractivity contribution >= 4 is 45.9 Å². The number of urea groups is 2. The monoisotopic (exact) mass is 852 g/mol. The largest absolute Gasteiger partial charge is 0.330 e. The van der Waals surface area contributed by atoms with Crippen LogP contribution in [0, 0.1) is 0 Å². The molecule has 2 saturated heterocycles. The van der Waals surface area contributed by atoms with Gasteiger partial charge in [0, 0.05) is 16.5 Å². The van der Waals surface area contributed by atoms with Gasteiger partial charge < -0.3 is 10.6 Å². The predicted octanol–water partition coefficient (Wildman–Crippen LogP) is 7.54. The fourth-order valence-corrected chi connectivity index (χ4v) is 10.4. The van der Waals surface area contributed by atoms with Crippen molar-refractivity contribution in [1.82, 2.24) is 50.1 Å². The van der Waals surface area contributed by atoms with Crippen LogP contribution in [0.5, 0.6) is 0 Å². The number of hydrogen-bond acceptors (Lipinski definition) is 9. The standard InChI is InChI=1S/C27H29N7O.C20H24ClN5O/c1-32(2)27(21-9-4-3-5-10-21)14-12-26(13-15-27)19-33(25(35)31-26)22-17-28-24(29-18-22)34-23-11-7-6-8-20(23)16-30-34;1-25(2)20(15-6-4-3-5-7-15)10-8-19(9-11-20)14-26(18(27)24-19)16-12-22-17(21)23-13-16/h3-11,16-18H,12-15,19H2,1-2H3,(H,31,35);3-7,12-13H,8-11,14H2,1-2H3,(H,24,27). The van der Waals surface area contributed by atoms with Crippen LogP contribution in [0.1, 0.15) is 62.5 Å². The van der Waals surface area contributed by atoms with Gasteiger partial charge in [0.15, 0.2) is 0 Å². The second-order valence-electron chi connectivity index (χ2n) is 17.7. The van der Waals surface area contributed by atoms with Crippen molar-refractivity contribution in [1.29, 1.82) is 0 Å². The van der Waals surface area contributed by atoms with E-state index in [-0.39, 0.29) is 39.5 Å². The first-order valence-electron chi connectivity index (χ1n) is 21.3. The summed E-state index contributed by atoms with van der Waals surface area (Å²) in [4.78, 5) is 50.9. The highest BCUT2D eigenvalue weighted by atomic mass is 35.5. The molecule has 5 heterocycles. The van der Waals surface area contributed by atoms with Crippen LogP contribution in [0.2, 0.25) is 5.28 Å². The Bertz CT molecular complexity index is 2520. The number of carbonyl (C=O) groups is 2. The molecule has 10 rings (SSSR count). The van der Waals surface area contributed by atoms with Gasteiger partial charge in [-0.1, -0.05) is 78.9 Å². The molecule has 0 atom stereocenters. The van der Waals surface area contributed by atoms with Crippen LogP contribution < -0.4 is 20.4 Å². The fourth-order valence-electron chi connectivity index (χ4n) is 10.3. The summed E-state index contributed by atoms with van der Waals surface area (Å²) >= 11 is 5.77. The van der Waals surface area contributed by atoms with Crippen LogP contribution in [0.3, 0.4) is 0 Å². The molecular weight excluding hydrogens is 800 g/mol. The third-order valence-electron chi connectivity index (χ3n) is 14.1. The molecule has 2 N–H and O–H groups in total. The quantitative estimate of drug-likeness (QED) is 0.156. The van der Waals surface area contributed by atoms with Gasteiger partial charge in [-0.25, -0.2) is 29.5 Å². The number of carbonyl (C=O) groups excluding carboxylic acids is 2. The molecule has 0 radical (unpaired) electrons. The number of hydrogen-bond donors (Lipinski definition) is 2. The van der Waals surface area contributed by atoms with Crippen LogP contribution >= 0.6 is 11.6 Å². The van der Waals surface area contributed by atoms with Gasteiger partial charge in [-0.3, -0.25) is 19.6 Å². The lowest BCUT2D eigenvalue weighted by atomic mass is 9.69. The number of amides is 4. The molecule has 0 bridgehead atoms. The second kappa shape index (κ2) is 16.4. The molecule has 4 aliphatic rings. The molecule has 15 heteroatoms. The van der Waals surface area contributed by atoms with Crippen molar-refractivity contribution in [2.45, 2.75) is 73.5 Å². The average Bonchev–Trinajstić information content (AvgIpc) is 3.98. The number of nitrogens with one attached hydrogen (secondary N) is 2. The van der Waals surface area contributed by atoms with Crippen LogP contribution in [-0.4, -0.2) is 104 Å². The molecule has 14 nitrogen and oxygen atoms in total. The molecule has 0 unspecified atom stereocenters. The molecular formula is C47H53ClN12O2. The Balaban J connectivity index is 0.000000164. The third-order valence-corrected chi connectivity index (χ3v) is 14.3. The Morgan fingerprint density at radius 3 is 1.42 bits per heavy atom. The van der Waals surface area contributed by atoms with Gasteiger partial charge in [-0.15, -0.1) is 0 Å². The topological polar surface area (TPSA) is 141 Å². The highest BCUT2D eigenvalue weighted by Crippen LogP contribution is 2.48. The number of benzene rings is 3. The number of fused-ring (bicyclic) bond motifs is 1.